The van der Waals surface area contributed by atoms with E-state index in [4.69, 9.17) is 11.6 Å². The van der Waals surface area contributed by atoms with Crippen LogP contribution in [-0.2, 0) is 0 Å². The van der Waals surface area contributed by atoms with Gasteiger partial charge in [0.15, 0.2) is 0 Å². The van der Waals surface area contributed by atoms with Crippen molar-refractivity contribution in [1.82, 2.24) is 9.88 Å². The topological polar surface area (TPSA) is 79.2 Å². The molecule has 0 fully saturated rings. The van der Waals surface area contributed by atoms with E-state index in [0.29, 0.717) is 0 Å². The van der Waals surface area contributed by atoms with Crippen molar-refractivity contribution >= 4 is 23.2 Å². The number of rotatable bonds is 4. The summed E-state index contributed by atoms with van der Waals surface area (Å²) in [5.74, 6) is -0.0540. The SMILES string of the molecule is CN(C(=O)c1cc([N+](=O)[O-])c[nH]1)C(C)(C)CCl. The van der Waals surface area contributed by atoms with E-state index < -0.39 is 10.5 Å². The highest BCUT2D eigenvalue weighted by atomic mass is 35.5. The molecule has 94 valence electrons. The summed E-state index contributed by atoms with van der Waals surface area (Å²) >= 11 is 5.76. The fourth-order valence-electron chi connectivity index (χ4n) is 1.16. The second-order valence-electron chi connectivity index (χ2n) is 4.34. The maximum Gasteiger partial charge on any atom is 0.287 e. The van der Waals surface area contributed by atoms with Gasteiger partial charge in [0.2, 0.25) is 0 Å². The van der Waals surface area contributed by atoms with Crippen molar-refractivity contribution < 1.29 is 9.72 Å². The van der Waals surface area contributed by atoms with Crippen LogP contribution >= 0.6 is 11.6 Å². The second-order valence-corrected chi connectivity index (χ2v) is 4.61. The smallest absolute Gasteiger partial charge is 0.287 e. The standard InChI is InChI=1S/C10H14ClN3O3/c1-10(2,6-11)13(3)9(15)8-4-7(5-12-8)14(16)17/h4-5,12H,6H2,1-3H3. The van der Waals surface area contributed by atoms with Crippen LogP contribution in [0.5, 0.6) is 0 Å². The molecule has 6 nitrogen and oxygen atoms in total. The van der Waals surface area contributed by atoms with E-state index in [9.17, 15) is 14.9 Å². The average Bonchev–Trinajstić information content (AvgIpc) is 2.76. The Bertz CT molecular complexity index is 442. The molecule has 1 amide bonds. The van der Waals surface area contributed by atoms with Crippen LogP contribution in [0.2, 0.25) is 0 Å². The summed E-state index contributed by atoms with van der Waals surface area (Å²) in [6, 6.07) is 1.21. The van der Waals surface area contributed by atoms with Crippen LogP contribution < -0.4 is 0 Å². The van der Waals surface area contributed by atoms with Crippen molar-refractivity contribution in [1.29, 1.82) is 0 Å². The van der Waals surface area contributed by atoms with Gasteiger partial charge >= 0.3 is 0 Å². The van der Waals surface area contributed by atoms with Crippen LogP contribution in [0.25, 0.3) is 0 Å². The van der Waals surface area contributed by atoms with Gasteiger partial charge in [0.05, 0.1) is 16.7 Å². The summed E-state index contributed by atoms with van der Waals surface area (Å²) in [7, 11) is 1.61. The van der Waals surface area contributed by atoms with Gasteiger partial charge in [-0.3, -0.25) is 14.9 Å². The molecule has 0 unspecified atom stereocenters. The monoisotopic (exact) mass is 259 g/mol. The first-order valence-corrected chi connectivity index (χ1v) is 5.50. The second kappa shape index (κ2) is 4.75. The fraction of sp³-hybridized carbons (Fsp3) is 0.500. The summed E-state index contributed by atoms with van der Waals surface area (Å²) < 4.78 is 0. The molecule has 0 atom stereocenters. The highest BCUT2D eigenvalue weighted by Gasteiger charge is 2.28. The number of halogens is 1. The third-order valence-electron chi connectivity index (χ3n) is 2.65. The van der Waals surface area contributed by atoms with Gasteiger partial charge in [-0.1, -0.05) is 0 Å². The summed E-state index contributed by atoms with van der Waals surface area (Å²) in [4.78, 5) is 26.0. The van der Waals surface area contributed by atoms with Crippen molar-refractivity contribution in [3.8, 4) is 0 Å². The van der Waals surface area contributed by atoms with E-state index in [-0.39, 0.29) is 23.2 Å². The minimum Gasteiger partial charge on any atom is -0.351 e. The molecule has 0 saturated heterocycles. The number of aromatic nitrogens is 1. The van der Waals surface area contributed by atoms with Gasteiger partial charge in [-0.2, -0.15) is 0 Å². The van der Waals surface area contributed by atoms with Crippen LogP contribution in [0.4, 0.5) is 5.69 Å². The Morgan fingerprint density at radius 1 is 1.65 bits per heavy atom. The first-order chi connectivity index (χ1) is 7.79. The lowest BCUT2D eigenvalue weighted by Crippen LogP contribution is -2.46. The van der Waals surface area contributed by atoms with E-state index in [1.807, 2.05) is 13.8 Å². The predicted octanol–water partition coefficient (Wildman–Crippen LogP) is 2.01. The van der Waals surface area contributed by atoms with Crippen LogP contribution in [0.1, 0.15) is 24.3 Å². The number of carbonyl (C=O) groups excluding carboxylic acids is 1. The predicted molar refractivity (Wildman–Crippen MR) is 64.3 cm³/mol. The lowest BCUT2D eigenvalue weighted by molar-refractivity contribution is -0.384. The number of alkyl halides is 1. The number of carbonyl (C=O) groups is 1. The number of amides is 1. The molecule has 0 aliphatic heterocycles. The molecule has 1 aromatic heterocycles. The lowest BCUT2D eigenvalue weighted by Gasteiger charge is -2.33. The number of nitro groups is 1. The number of hydrogen-bond donors (Lipinski definition) is 1. The van der Waals surface area contributed by atoms with Gasteiger partial charge in [-0.25, -0.2) is 0 Å². The highest BCUT2D eigenvalue weighted by molar-refractivity contribution is 6.18. The molecular formula is C10H14ClN3O3. The molecule has 1 aromatic rings. The average molecular weight is 260 g/mol. The third-order valence-corrected chi connectivity index (χ3v) is 3.30. The zero-order valence-electron chi connectivity index (χ0n) is 9.86. The van der Waals surface area contributed by atoms with Gasteiger partial charge in [0, 0.05) is 19.0 Å². The first-order valence-electron chi connectivity index (χ1n) is 4.96. The molecule has 0 aromatic carbocycles. The minimum atomic E-state index is -0.556. The summed E-state index contributed by atoms with van der Waals surface area (Å²) in [5.41, 5.74) is -0.471. The Balaban J connectivity index is 2.93. The molecule has 7 heteroatoms. The number of nitrogens with zero attached hydrogens (tertiary/aromatic N) is 2. The summed E-state index contributed by atoms with van der Waals surface area (Å²) in [6.45, 7) is 3.63. The van der Waals surface area contributed by atoms with Crippen molar-refractivity contribution in [3.63, 3.8) is 0 Å². The van der Waals surface area contributed by atoms with Crippen molar-refractivity contribution in [2.75, 3.05) is 12.9 Å². The fourth-order valence-corrected chi connectivity index (χ4v) is 1.34. The van der Waals surface area contributed by atoms with E-state index in [2.05, 4.69) is 4.98 Å². The molecule has 0 saturated carbocycles. The Morgan fingerprint density at radius 3 is 2.65 bits per heavy atom. The van der Waals surface area contributed by atoms with Gasteiger partial charge in [0.1, 0.15) is 5.69 Å². The molecular weight excluding hydrogens is 246 g/mol. The maximum absolute atomic E-state index is 12.0. The molecule has 0 aliphatic carbocycles. The third kappa shape index (κ3) is 2.76. The number of nitrogens with one attached hydrogen (secondary N) is 1. The Hall–Kier alpha value is -1.56. The van der Waals surface area contributed by atoms with Crippen molar-refractivity contribution in [2.24, 2.45) is 0 Å². The normalized spacial score (nSPS) is 11.3. The van der Waals surface area contributed by atoms with E-state index in [1.165, 1.54) is 17.2 Å². The Labute approximate surface area is 104 Å². The molecule has 0 spiro atoms. The van der Waals surface area contributed by atoms with Crippen LogP contribution in [-0.4, -0.2) is 39.2 Å². The molecule has 17 heavy (non-hydrogen) atoms. The molecule has 1 N–H and O–H groups in total. The van der Waals surface area contributed by atoms with Gasteiger partial charge < -0.3 is 9.88 Å². The van der Waals surface area contributed by atoms with E-state index >= 15 is 0 Å². The highest BCUT2D eigenvalue weighted by Crippen LogP contribution is 2.19. The van der Waals surface area contributed by atoms with Crippen molar-refractivity contribution in [3.05, 3.63) is 28.1 Å². The molecule has 0 aliphatic rings. The maximum atomic E-state index is 12.0. The zero-order chi connectivity index (χ0) is 13.2. The lowest BCUT2D eigenvalue weighted by atomic mass is 10.1. The number of H-pyrrole nitrogens is 1. The quantitative estimate of drug-likeness (QED) is 0.510. The number of hydrogen-bond acceptors (Lipinski definition) is 3. The van der Waals surface area contributed by atoms with Gasteiger partial charge in [0.25, 0.3) is 11.6 Å². The zero-order valence-corrected chi connectivity index (χ0v) is 10.6. The van der Waals surface area contributed by atoms with E-state index in [0.717, 1.165) is 0 Å². The van der Waals surface area contributed by atoms with Crippen molar-refractivity contribution in [2.45, 2.75) is 19.4 Å². The van der Waals surface area contributed by atoms with Crippen LogP contribution in [0.3, 0.4) is 0 Å². The molecule has 0 radical (unpaired) electrons. The minimum absolute atomic E-state index is 0.134. The Morgan fingerprint density at radius 2 is 2.24 bits per heavy atom. The van der Waals surface area contributed by atoms with E-state index in [1.54, 1.807) is 7.05 Å². The summed E-state index contributed by atoms with van der Waals surface area (Å²) in [5, 5.41) is 10.5. The first kappa shape index (κ1) is 13.5. The van der Waals surface area contributed by atoms with Gasteiger partial charge in [-0.05, 0) is 13.8 Å². The Kier molecular flexibility index (Phi) is 3.77. The van der Waals surface area contributed by atoms with Crippen LogP contribution in [0.15, 0.2) is 12.3 Å². The molecule has 1 rings (SSSR count). The van der Waals surface area contributed by atoms with Crippen LogP contribution in [0, 0.1) is 10.1 Å². The summed E-state index contributed by atoms with van der Waals surface area (Å²) in [6.07, 6.45) is 1.19. The molecule has 1 heterocycles. The van der Waals surface area contributed by atoms with Gasteiger partial charge in [-0.15, -0.1) is 11.6 Å². The largest absolute Gasteiger partial charge is 0.351 e. The number of aromatic amines is 1. The molecule has 0 bridgehead atoms.